The van der Waals surface area contributed by atoms with Gasteiger partial charge in [0.1, 0.15) is 12.4 Å². The second kappa shape index (κ2) is 6.22. The van der Waals surface area contributed by atoms with Crippen molar-refractivity contribution >= 4 is 0 Å². The molecule has 2 aromatic carbocycles. The van der Waals surface area contributed by atoms with Crippen LogP contribution in [0, 0.1) is 6.92 Å². The first-order valence-corrected chi connectivity index (χ1v) is 6.16. The third-order valence-electron chi connectivity index (χ3n) is 2.83. The highest BCUT2D eigenvalue weighted by Gasteiger charge is 1.98. The molecule has 0 saturated heterocycles. The number of hydrogen-bond donors (Lipinski definition) is 1. The van der Waals surface area contributed by atoms with Crippen LogP contribution in [0.5, 0.6) is 5.75 Å². The van der Waals surface area contributed by atoms with Crippen LogP contribution in [-0.2, 0) is 13.0 Å². The molecule has 2 aromatic rings. The molecule has 2 nitrogen and oxygen atoms in total. The van der Waals surface area contributed by atoms with Crippen molar-refractivity contribution in [3.05, 3.63) is 65.2 Å². The van der Waals surface area contributed by atoms with Gasteiger partial charge in [0.2, 0.25) is 0 Å². The maximum atomic E-state index is 8.90. The van der Waals surface area contributed by atoms with Gasteiger partial charge in [0.15, 0.2) is 0 Å². The number of ether oxygens (including phenoxy) is 1. The summed E-state index contributed by atoms with van der Waals surface area (Å²) in [7, 11) is 0. The lowest BCUT2D eigenvalue weighted by Gasteiger charge is -2.08. The quantitative estimate of drug-likeness (QED) is 0.873. The average molecular weight is 242 g/mol. The number of rotatable bonds is 5. The highest BCUT2D eigenvalue weighted by molar-refractivity contribution is 5.29. The Morgan fingerprint density at radius 1 is 1.00 bits per heavy atom. The molecule has 0 unspecified atom stereocenters. The molecule has 0 spiro atoms. The summed E-state index contributed by atoms with van der Waals surface area (Å²) in [6.45, 7) is 2.81. The molecule has 1 N–H and O–H groups in total. The predicted molar refractivity (Wildman–Crippen MR) is 72.7 cm³/mol. The van der Waals surface area contributed by atoms with Gasteiger partial charge in [-0.2, -0.15) is 0 Å². The fraction of sp³-hybridized carbons (Fsp3) is 0.250. The van der Waals surface area contributed by atoms with Crippen LogP contribution in [0.1, 0.15) is 16.7 Å². The Labute approximate surface area is 108 Å². The van der Waals surface area contributed by atoms with E-state index in [9.17, 15) is 0 Å². The van der Waals surface area contributed by atoms with Gasteiger partial charge in [-0.05, 0) is 36.6 Å². The van der Waals surface area contributed by atoms with Crippen molar-refractivity contribution in [2.75, 3.05) is 6.61 Å². The maximum absolute atomic E-state index is 8.90. The number of aryl methyl sites for hydroxylation is 1. The van der Waals surface area contributed by atoms with Crippen LogP contribution in [0.25, 0.3) is 0 Å². The minimum atomic E-state index is 0.168. The van der Waals surface area contributed by atoms with Crippen LogP contribution in [-0.4, -0.2) is 11.7 Å². The van der Waals surface area contributed by atoms with E-state index in [-0.39, 0.29) is 6.61 Å². The monoisotopic (exact) mass is 242 g/mol. The molecule has 2 rings (SSSR count). The lowest BCUT2D eigenvalue weighted by Crippen LogP contribution is -1.97. The van der Waals surface area contributed by atoms with Gasteiger partial charge in [0.25, 0.3) is 0 Å². The number of aliphatic hydroxyl groups excluding tert-OH is 1. The van der Waals surface area contributed by atoms with Crippen molar-refractivity contribution in [2.24, 2.45) is 0 Å². The highest BCUT2D eigenvalue weighted by Crippen LogP contribution is 2.15. The minimum Gasteiger partial charge on any atom is -0.489 e. The van der Waals surface area contributed by atoms with Gasteiger partial charge >= 0.3 is 0 Å². The van der Waals surface area contributed by atoms with Crippen LogP contribution in [0.4, 0.5) is 0 Å². The van der Waals surface area contributed by atoms with E-state index in [2.05, 4.69) is 31.2 Å². The van der Waals surface area contributed by atoms with Crippen LogP contribution in [0.15, 0.2) is 48.5 Å². The molecule has 0 aliphatic rings. The van der Waals surface area contributed by atoms with Gasteiger partial charge in [0.05, 0.1) is 0 Å². The topological polar surface area (TPSA) is 29.5 Å². The molecule has 94 valence electrons. The molecule has 0 radical (unpaired) electrons. The van der Waals surface area contributed by atoms with E-state index in [0.717, 1.165) is 16.9 Å². The Bertz CT molecular complexity index is 489. The van der Waals surface area contributed by atoms with Gasteiger partial charge in [-0.25, -0.2) is 0 Å². The van der Waals surface area contributed by atoms with Crippen LogP contribution in [0.3, 0.4) is 0 Å². The molecule has 0 amide bonds. The fourth-order valence-corrected chi connectivity index (χ4v) is 1.77. The second-order valence-electron chi connectivity index (χ2n) is 4.40. The number of aliphatic hydroxyl groups is 1. The third-order valence-corrected chi connectivity index (χ3v) is 2.83. The van der Waals surface area contributed by atoms with E-state index in [0.29, 0.717) is 13.0 Å². The Kier molecular flexibility index (Phi) is 4.37. The standard InChI is InChI=1S/C16H18O2/c1-13-5-7-15(8-6-13)12-18-16-4-2-3-14(11-16)9-10-17/h2-8,11,17H,9-10,12H2,1H3. The van der Waals surface area contributed by atoms with Crippen LogP contribution in [0.2, 0.25) is 0 Å². The van der Waals surface area contributed by atoms with E-state index < -0.39 is 0 Å². The van der Waals surface area contributed by atoms with E-state index in [4.69, 9.17) is 9.84 Å². The van der Waals surface area contributed by atoms with Gasteiger partial charge in [0, 0.05) is 6.61 Å². The predicted octanol–water partition coefficient (Wildman–Crippen LogP) is 3.11. The average Bonchev–Trinajstić information content (AvgIpc) is 2.39. The molecule has 0 bridgehead atoms. The Hall–Kier alpha value is -1.80. The first-order chi connectivity index (χ1) is 8.78. The van der Waals surface area contributed by atoms with Gasteiger partial charge < -0.3 is 9.84 Å². The van der Waals surface area contributed by atoms with E-state index in [1.165, 1.54) is 5.56 Å². The number of hydrogen-bond acceptors (Lipinski definition) is 2. The highest BCUT2D eigenvalue weighted by atomic mass is 16.5. The summed E-state index contributed by atoms with van der Waals surface area (Å²) in [5.74, 6) is 0.849. The second-order valence-corrected chi connectivity index (χ2v) is 4.40. The third kappa shape index (κ3) is 3.60. The molecular formula is C16H18O2. The SMILES string of the molecule is Cc1ccc(COc2cccc(CCO)c2)cc1. The molecule has 0 fully saturated rings. The lowest BCUT2D eigenvalue weighted by atomic mass is 10.1. The summed E-state index contributed by atoms with van der Waals surface area (Å²) in [6.07, 6.45) is 0.668. The number of benzene rings is 2. The molecule has 0 heterocycles. The van der Waals surface area contributed by atoms with Crippen molar-refractivity contribution in [2.45, 2.75) is 20.0 Å². The molecular weight excluding hydrogens is 224 g/mol. The molecule has 18 heavy (non-hydrogen) atoms. The molecule has 0 aromatic heterocycles. The summed E-state index contributed by atoms with van der Waals surface area (Å²) in [6, 6.07) is 16.2. The summed E-state index contributed by atoms with van der Waals surface area (Å²) in [5.41, 5.74) is 3.51. The van der Waals surface area contributed by atoms with E-state index in [1.807, 2.05) is 24.3 Å². The minimum absolute atomic E-state index is 0.168. The largest absolute Gasteiger partial charge is 0.489 e. The molecule has 0 aliphatic carbocycles. The molecule has 2 heteroatoms. The summed E-state index contributed by atoms with van der Waals surface area (Å²) in [4.78, 5) is 0. The Morgan fingerprint density at radius 2 is 1.78 bits per heavy atom. The van der Waals surface area contributed by atoms with Crippen molar-refractivity contribution in [3.63, 3.8) is 0 Å². The normalized spacial score (nSPS) is 10.3. The summed E-state index contributed by atoms with van der Waals surface area (Å²) >= 11 is 0. The van der Waals surface area contributed by atoms with Crippen molar-refractivity contribution in [3.8, 4) is 5.75 Å². The van der Waals surface area contributed by atoms with Crippen molar-refractivity contribution in [1.29, 1.82) is 0 Å². The molecule has 0 aliphatic heterocycles. The van der Waals surface area contributed by atoms with E-state index in [1.54, 1.807) is 0 Å². The van der Waals surface area contributed by atoms with Gasteiger partial charge in [-0.15, -0.1) is 0 Å². The van der Waals surface area contributed by atoms with Crippen molar-refractivity contribution < 1.29 is 9.84 Å². The maximum Gasteiger partial charge on any atom is 0.120 e. The Morgan fingerprint density at radius 3 is 2.50 bits per heavy atom. The first-order valence-electron chi connectivity index (χ1n) is 6.16. The molecule has 0 saturated carbocycles. The summed E-state index contributed by atoms with van der Waals surface area (Å²) < 4.78 is 5.74. The smallest absolute Gasteiger partial charge is 0.120 e. The lowest BCUT2D eigenvalue weighted by molar-refractivity contribution is 0.296. The van der Waals surface area contributed by atoms with Crippen LogP contribution >= 0.6 is 0 Å². The van der Waals surface area contributed by atoms with Gasteiger partial charge in [-0.3, -0.25) is 0 Å². The van der Waals surface area contributed by atoms with Gasteiger partial charge in [-0.1, -0.05) is 42.0 Å². The van der Waals surface area contributed by atoms with Crippen LogP contribution < -0.4 is 4.74 Å². The molecule has 0 atom stereocenters. The zero-order chi connectivity index (χ0) is 12.8. The zero-order valence-electron chi connectivity index (χ0n) is 10.6. The first kappa shape index (κ1) is 12.7. The van der Waals surface area contributed by atoms with E-state index >= 15 is 0 Å². The van der Waals surface area contributed by atoms with Crippen molar-refractivity contribution in [1.82, 2.24) is 0 Å². The Balaban J connectivity index is 1.97. The fourth-order valence-electron chi connectivity index (χ4n) is 1.77. The summed E-state index contributed by atoms with van der Waals surface area (Å²) in [5, 5.41) is 8.90. The zero-order valence-corrected chi connectivity index (χ0v) is 10.6.